The quantitative estimate of drug-likeness (QED) is 0.514. The molecule has 0 spiro atoms. The first-order valence-electron chi connectivity index (χ1n) is 9.03. The Balaban J connectivity index is 1.72. The highest BCUT2D eigenvalue weighted by Gasteiger charge is 2.31. The molecule has 3 aromatic rings. The van der Waals surface area contributed by atoms with Crippen molar-refractivity contribution in [1.82, 2.24) is 5.01 Å². The number of amidine groups is 1. The first-order valence-corrected chi connectivity index (χ1v) is 9.43. The predicted octanol–water partition coefficient (Wildman–Crippen LogP) is 4.26. The number of nitrogens with zero attached hydrogens (tertiary/aromatic N) is 2. The van der Waals surface area contributed by atoms with Crippen molar-refractivity contribution in [2.24, 2.45) is 4.99 Å². The van der Waals surface area contributed by atoms with Crippen LogP contribution >= 0.6 is 0 Å². The smallest absolute Gasteiger partial charge is 0.297 e. The molecule has 0 bridgehead atoms. The van der Waals surface area contributed by atoms with Gasteiger partial charge in [-0.15, -0.1) is 0 Å². The Bertz CT molecular complexity index is 1090. The van der Waals surface area contributed by atoms with E-state index in [0.717, 1.165) is 22.6 Å². The maximum Gasteiger partial charge on any atom is 0.297 e. The largest absolute Gasteiger partial charge is 0.779 e. The van der Waals surface area contributed by atoms with Crippen LogP contribution in [0.4, 0.5) is 5.69 Å². The van der Waals surface area contributed by atoms with Crippen LogP contribution in [0.5, 0.6) is 5.75 Å². The molecule has 1 aliphatic heterocycles. The fraction of sp³-hybridized carbons (Fsp3) is 0.0435. The maximum absolute atomic E-state index is 13.2. The number of benzene rings is 3. The summed E-state index contributed by atoms with van der Waals surface area (Å²) in [5.41, 5.74) is 5.83. The van der Waals surface area contributed by atoms with Gasteiger partial charge in [0.2, 0.25) is 0 Å². The summed E-state index contributed by atoms with van der Waals surface area (Å²) in [6.07, 6.45) is 1.73. The molecule has 0 radical (unpaired) electrons. The number of carbonyl (C=O) groups excluding carboxylic acids is 1. The highest BCUT2D eigenvalue weighted by atomic mass is 32.1. The van der Waals surface area contributed by atoms with E-state index in [1.807, 2.05) is 78.9 Å². The monoisotopic (exact) mass is 400 g/mol. The van der Waals surface area contributed by atoms with E-state index in [9.17, 15) is 4.79 Å². The average molecular weight is 400 g/mol. The van der Waals surface area contributed by atoms with Crippen LogP contribution in [0.3, 0.4) is 0 Å². The molecule has 4 rings (SSSR count). The number of ether oxygens (including phenoxy) is 1. The predicted molar refractivity (Wildman–Crippen MR) is 116 cm³/mol. The molecule has 0 fully saturated rings. The van der Waals surface area contributed by atoms with Crippen LogP contribution in [0.25, 0.3) is 6.08 Å². The summed E-state index contributed by atoms with van der Waals surface area (Å²) in [5, 5.41) is 1.45. The summed E-state index contributed by atoms with van der Waals surface area (Å²) in [4.78, 5) is 18.4. The number of nitrogens with one attached hydrogen (secondary N) is 1. The van der Waals surface area contributed by atoms with Gasteiger partial charge >= 0.3 is 0 Å². The molecule has 1 amide bonds. The van der Waals surface area contributed by atoms with Gasteiger partial charge in [0.15, 0.2) is 5.84 Å². The molecule has 0 aromatic heterocycles. The Labute approximate surface area is 174 Å². The number of hydrogen-bond acceptors (Lipinski definition) is 5. The molecule has 3 aromatic carbocycles. The molecule has 29 heavy (non-hydrogen) atoms. The third-order valence-electron chi connectivity index (χ3n) is 4.43. The lowest BCUT2D eigenvalue weighted by molar-refractivity contribution is -0.121. The average Bonchev–Trinajstić information content (AvgIpc) is 3.06. The van der Waals surface area contributed by atoms with Gasteiger partial charge in [0, 0.05) is 5.56 Å². The van der Waals surface area contributed by atoms with Gasteiger partial charge in [0.05, 0.1) is 12.8 Å². The minimum atomic E-state index is -0.252. The minimum absolute atomic E-state index is 0.252. The Hall–Kier alpha value is -3.64. The summed E-state index contributed by atoms with van der Waals surface area (Å²) >= 11 is 5.36. The molecule has 0 saturated heterocycles. The van der Waals surface area contributed by atoms with E-state index in [0.29, 0.717) is 16.4 Å². The van der Waals surface area contributed by atoms with E-state index < -0.39 is 0 Å². The maximum atomic E-state index is 13.2. The lowest BCUT2D eigenvalue weighted by atomic mass is 10.2. The van der Waals surface area contributed by atoms with Crippen molar-refractivity contribution >= 4 is 36.1 Å². The van der Waals surface area contributed by atoms with Gasteiger partial charge in [0.1, 0.15) is 11.4 Å². The van der Waals surface area contributed by atoms with Crippen LogP contribution in [0, 0.1) is 0 Å². The molecule has 1 aliphatic rings. The van der Waals surface area contributed by atoms with E-state index in [1.165, 1.54) is 5.01 Å². The van der Waals surface area contributed by atoms with E-state index in [4.69, 9.17) is 17.4 Å². The van der Waals surface area contributed by atoms with Gasteiger partial charge in [0.25, 0.3) is 5.91 Å². The highest BCUT2D eigenvalue weighted by Crippen LogP contribution is 2.25. The van der Waals surface area contributed by atoms with Crippen molar-refractivity contribution in [2.45, 2.75) is 4.90 Å². The Morgan fingerprint density at radius 2 is 1.66 bits per heavy atom. The number of hydrazine groups is 1. The van der Waals surface area contributed by atoms with Crippen molar-refractivity contribution in [1.29, 1.82) is 0 Å². The second-order valence-corrected chi connectivity index (χ2v) is 6.79. The topological polar surface area (TPSA) is 53.9 Å². The third kappa shape index (κ3) is 3.97. The summed E-state index contributed by atoms with van der Waals surface area (Å²) in [6.45, 7) is 0. The van der Waals surface area contributed by atoms with Crippen molar-refractivity contribution in [3.63, 3.8) is 0 Å². The normalized spacial score (nSPS) is 14.8. The molecular weight excluding hydrogens is 382 g/mol. The lowest BCUT2D eigenvalue weighted by Gasteiger charge is -2.20. The van der Waals surface area contributed by atoms with E-state index in [-0.39, 0.29) is 5.91 Å². The molecule has 1 N–H and O–H groups in total. The first-order chi connectivity index (χ1) is 14.2. The molecule has 0 unspecified atom stereocenters. The first kappa shape index (κ1) is 18.7. The van der Waals surface area contributed by atoms with Gasteiger partial charge in [-0.1, -0.05) is 54.6 Å². The zero-order valence-electron chi connectivity index (χ0n) is 15.7. The second kappa shape index (κ2) is 8.16. The van der Waals surface area contributed by atoms with Gasteiger partial charge in [-0.25, -0.2) is 4.99 Å². The molecule has 144 valence electrons. The van der Waals surface area contributed by atoms with Crippen LogP contribution in [0.15, 0.2) is 94.4 Å². The molecule has 0 saturated carbocycles. The number of aliphatic imine (C=N–C) groups is 1. The van der Waals surface area contributed by atoms with Crippen LogP contribution in [-0.4, -0.2) is 23.9 Å². The second-order valence-electron chi connectivity index (χ2n) is 6.35. The van der Waals surface area contributed by atoms with Gasteiger partial charge in [-0.3, -0.25) is 10.2 Å². The summed E-state index contributed by atoms with van der Waals surface area (Å²) in [7, 11) is 1.61. The van der Waals surface area contributed by atoms with Crippen molar-refractivity contribution in [2.75, 3.05) is 12.5 Å². The van der Waals surface area contributed by atoms with Crippen LogP contribution in [0.1, 0.15) is 11.1 Å². The molecule has 1 heterocycles. The SMILES string of the molecule is COc1ccc(NN2C(=O)/C(=C/c3ccccc3[S-])N=C2c2ccccc2)cc1. The summed E-state index contributed by atoms with van der Waals surface area (Å²) in [6, 6.07) is 24.4. The number of anilines is 1. The van der Waals surface area contributed by atoms with E-state index in [1.54, 1.807) is 13.2 Å². The fourth-order valence-electron chi connectivity index (χ4n) is 2.94. The van der Waals surface area contributed by atoms with Gasteiger partial charge in [-0.2, -0.15) is 9.90 Å². The lowest BCUT2D eigenvalue weighted by Crippen LogP contribution is -2.37. The molecular formula is C23H18N3O2S-. The number of carbonyl (C=O) groups is 1. The van der Waals surface area contributed by atoms with Crippen molar-refractivity contribution in [3.8, 4) is 5.75 Å². The zero-order valence-corrected chi connectivity index (χ0v) is 16.5. The zero-order chi connectivity index (χ0) is 20.2. The summed E-state index contributed by atoms with van der Waals surface area (Å²) in [5.74, 6) is 1.01. The fourth-order valence-corrected chi connectivity index (χ4v) is 3.15. The van der Waals surface area contributed by atoms with Crippen LogP contribution < -0.4 is 10.2 Å². The van der Waals surface area contributed by atoms with Crippen molar-refractivity contribution < 1.29 is 9.53 Å². The number of amides is 1. The Morgan fingerprint density at radius 3 is 2.34 bits per heavy atom. The summed E-state index contributed by atoms with van der Waals surface area (Å²) < 4.78 is 5.19. The van der Waals surface area contributed by atoms with Crippen LogP contribution in [0.2, 0.25) is 0 Å². The molecule has 6 heteroatoms. The third-order valence-corrected chi connectivity index (χ3v) is 4.81. The molecule has 0 atom stereocenters. The molecule has 0 aliphatic carbocycles. The van der Waals surface area contributed by atoms with Crippen molar-refractivity contribution in [3.05, 3.63) is 95.7 Å². The Kier molecular flexibility index (Phi) is 5.27. The van der Waals surface area contributed by atoms with Gasteiger partial charge < -0.3 is 17.4 Å². The Morgan fingerprint density at radius 1 is 0.966 bits per heavy atom. The number of methoxy groups -OCH3 is 1. The van der Waals surface area contributed by atoms with E-state index in [2.05, 4.69) is 10.4 Å². The van der Waals surface area contributed by atoms with E-state index >= 15 is 0 Å². The number of hydrogen-bond donors (Lipinski definition) is 1. The van der Waals surface area contributed by atoms with Gasteiger partial charge in [-0.05, 0) is 35.9 Å². The minimum Gasteiger partial charge on any atom is -0.779 e. The van der Waals surface area contributed by atoms with Crippen LogP contribution in [-0.2, 0) is 17.4 Å². The molecule has 5 nitrogen and oxygen atoms in total. The highest BCUT2D eigenvalue weighted by molar-refractivity contribution is 7.58. The number of rotatable bonds is 5. The standard InChI is InChI=1S/C23H19N3O2S/c1-28-19-13-11-18(12-14-19)25-26-22(16-7-3-2-4-8-16)24-20(23(26)27)15-17-9-5-6-10-21(17)29/h2-15,25,29H,1H3/p-1/b20-15-.